The van der Waals surface area contributed by atoms with E-state index in [1.165, 1.54) is 257 Å². The Hall–Kier alpha value is -1.94. The van der Waals surface area contributed by atoms with Gasteiger partial charge in [0.2, 0.25) is 0 Å². The Kier molecular flexibility index (Phi) is 75.3. The van der Waals surface area contributed by atoms with Crippen LogP contribution in [-0.2, 0) is 65.4 Å². The van der Waals surface area contributed by atoms with Crippen LogP contribution in [0.1, 0.15) is 460 Å². The number of carbonyl (C=O) groups is 4. The van der Waals surface area contributed by atoms with E-state index in [1.54, 1.807) is 0 Å². The molecule has 0 spiro atoms. The molecule has 4 unspecified atom stereocenters. The van der Waals surface area contributed by atoms with Crippen molar-refractivity contribution < 1.29 is 80.2 Å². The minimum absolute atomic E-state index is 0.107. The van der Waals surface area contributed by atoms with Crippen molar-refractivity contribution in [2.75, 3.05) is 39.6 Å². The molecule has 0 aliphatic heterocycles. The third kappa shape index (κ3) is 79.1. The molecular weight excluding hydrogens is 1390 g/mol. The third-order valence-corrected chi connectivity index (χ3v) is 23.2. The van der Waals surface area contributed by atoms with Gasteiger partial charge in [-0.3, -0.25) is 37.3 Å². The first kappa shape index (κ1) is 105. The van der Waals surface area contributed by atoms with Crippen LogP contribution in [0.5, 0.6) is 0 Å². The molecular formula is C88H172O17P2. The zero-order chi connectivity index (χ0) is 78.8. The molecule has 636 valence electrons. The highest BCUT2D eigenvalue weighted by Crippen LogP contribution is 2.45. The summed E-state index contributed by atoms with van der Waals surface area (Å²) in [6.07, 6.45) is 66.7. The van der Waals surface area contributed by atoms with Gasteiger partial charge in [0.25, 0.3) is 0 Å². The lowest BCUT2D eigenvalue weighted by Gasteiger charge is -2.21. The van der Waals surface area contributed by atoms with E-state index in [9.17, 15) is 43.2 Å². The average molecular weight is 1560 g/mol. The molecule has 0 saturated carbocycles. The molecule has 0 aliphatic rings. The maximum absolute atomic E-state index is 13.1. The van der Waals surface area contributed by atoms with Crippen molar-refractivity contribution in [3.63, 3.8) is 0 Å². The van der Waals surface area contributed by atoms with Gasteiger partial charge in [0, 0.05) is 25.7 Å². The number of aliphatic hydroxyl groups excluding tert-OH is 1. The third-order valence-electron chi connectivity index (χ3n) is 21.3. The molecule has 107 heavy (non-hydrogen) atoms. The summed E-state index contributed by atoms with van der Waals surface area (Å²) in [5.41, 5.74) is 0. The SMILES string of the molecule is CCC(C)CCCCCCCCCCCCCCCCCCCCC(=O)O[C@H](COC(=O)CCCCCCCCCCCCCC(C)C)COP(=O)(O)OC[C@@H](O)COP(=O)(O)OC[C@@H](COC(=O)CCCCCCCCC(C)CC)OC(=O)CCCCCCCCCCCCCCCCCCCCC(C)C. The second kappa shape index (κ2) is 76.7. The van der Waals surface area contributed by atoms with Crippen molar-refractivity contribution in [2.45, 2.75) is 478 Å². The summed E-state index contributed by atoms with van der Waals surface area (Å²) >= 11 is 0. The van der Waals surface area contributed by atoms with Crippen LogP contribution in [0.25, 0.3) is 0 Å². The van der Waals surface area contributed by atoms with Gasteiger partial charge in [-0.15, -0.1) is 0 Å². The summed E-state index contributed by atoms with van der Waals surface area (Å²) in [4.78, 5) is 73.3. The van der Waals surface area contributed by atoms with E-state index in [0.717, 1.165) is 120 Å². The summed E-state index contributed by atoms with van der Waals surface area (Å²) in [7, 11) is -9.93. The number of rotatable bonds is 85. The molecule has 0 radical (unpaired) electrons. The van der Waals surface area contributed by atoms with Gasteiger partial charge in [0.15, 0.2) is 12.2 Å². The molecule has 0 saturated heterocycles. The zero-order valence-corrected chi connectivity index (χ0v) is 72.6. The lowest BCUT2D eigenvalue weighted by molar-refractivity contribution is -0.161. The van der Waals surface area contributed by atoms with Gasteiger partial charge < -0.3 is 33.8 Å². The molecule has 0 rings (SSSR count). The van der Waals surface area contributed by atoms with E-state index in [1.807, 2.05) is 0 Å². The van der Waals surface area contributed by atoms with Crippen LogP contribution < -0.4 is 0 Å². The van der Waals surface area contributed by atoms with Crippen LogP contribution in [0.4, 0.5) is 0 Å². The van der Waals surface area contributed by atoms with E-state index >= 15 is 0 Å². The fourth-order valence-corrected chi connectivity index (χ4v) is 15.2. The molecule has 0 aliphatic carbocycles. The monoisotopic (exact) mass is 1560 g/mol. The van der Waals surface area contributed by atoms with Crippen LogP contribution in [0.15, 0.2) is 0 Å². The number of esters is 4. The quantitative estimate of drug-likeness (QED) is 0.0222. The largest absolute Gasteiger partial charge is 0.472 e. The second-order valence-corrected chi connectivity index (χ2v) is 36.0. The summed E-state index contributed by atoms with van der Waals surface area (Å²) in [6.45, 7) is 14.4. The molecule has 0 aromatic carbocycles. The van der Waals surface area contributed by atoms with Gasteiger partial charge in [-0.1, -0.05) is 409 Å². The van der Waals surface area contributed by atoms with E-state index in [-0.39, 0.29) is 25.7 Å². The smallest absolute Gasteiger partial charge is 0.462 e. The highest BCUT2D eigenvalue weighted by Gasteiger charge is 2.31. The van der Waals surface area contributed by atoms with Crippen molar-refractivity contribution in [2.24, 2.45) is 23.7 Å². The average Bonchev–Trinajstić information content (AvgIpc) is 0.901. The summed E-state index contributed by atoms with van der Waals surface area (Å²) < 4.78 is 68.9. The standard InChI is InChI=1S/C88H172O17P2/c1-9-80(7)66-58-50-42-36-30-24-20-16-12-14-18-22-26-32-39-45-54-62-70-87(92)104-83(74-98-85(90)68-60-52-43-37-33-27-29-35-41-49-57-65-79(5)6)76-102-106(94,95)100-72-82(89)73-101-107(96,97)103-77-84(75-99-86(91)69-61-53-47-46-51-59-67-81(8)10-2)105-88(93)71-63-55-44-38-31-25-21-17-13-11-15-19-23-28-34-40-48-56-64-78(3)4/h78-84,89H,9-77H2,1-8H3,(H,94,95)(H,96,97)/t80?,81?,82-,83-,84-/m1/s1. The maximum atomic E-state index is 13.1. The van der Waals surface area contributed by atoms with Gasteiger partial charge in [-0.25, -0.2) is 9.13 Å². The molecule has 0 aromatic rings. The minimum atomic E-state index is -4.97. The van der Waals surface area contributed by atoms with E-state index in [4.69, 9.17) is 37.0 Å². The maximum Gasteiger partial charge on any atom is 0.472 e. The number of hydrogen-bond donors (Lipinski definition) is 3. The summed E-state index contributed by atoms with van der Waals surface area (Å²) in [5, 5.41) is 10.7. The number of hydrogen-bond acceptors (Lipinski definition) is 15. The highest BCUT2D eigenvalue weighted by molar-refractivity contribution is 7.47. The fourth-order valence-electron chi connectivity index (χ4n) is 13.6. The normalized spacial score (nSPS) is 14.4. The van der Waals surface area contributed by atoms with E-state index in [0.29, 0.717) is 25.7 Å². The number of carbonyl (C=O) groups excluding carboxylic acids is 4. The molecule has 3 N–H and O–H groups in total. The van der Waals surface area contributed by atoms with Gasteiger partial charge in [0.1, 0.15) is 19.3 Å². The topological polar surface area (TPSA) is 237 Å². The Labute approximate surface area is 658 Å². The molecule has 0 amide bonds. The predicted molar refractivity (Wildman–Crippen MR) is 441 cm³/mol. The van der Waals surface area contributed by atoms with E-state index < -0.39 is 97.5 Å². The molecule has 0 aromatic heterocycles. The van der Waals surface area contributed by atoms with Crippen LogP contribution in [0.2, 0.25) is 0 Å². The minimum Gasteiger partial charge on any atom is -0.462 e. The van der Waals surface area contributed by atoms with Crippen LogP contribution in [0.3, 0.4) is 0 Å². The molecule has 0 bridgehead atoms. The first-order valence-electron chi connectivity index (χ1n) is 45.3. The predicted octanol–water partition coefficient (Wildman–Crippen LogP) is 26.7. The Bertz CT molecular complexity index is 2080. The molecule has 17 nitrogen and oxygen atoms in total. The zero-order valence-electron chi connectivity index (χ0n) is 70.8. The van der Waals surface area contributed by atoms with Gasteiger partial charge in [-0.2, -0.15) is 0 Å². The first-order chi connectivity index (χ1) is 51.7. The van der Waals surface area contributed by atoms with Crippen molar-refractivity contribution >= 4 is 39.5 Å². The number of phosphoric acid groups is 2. The Morgan fingerprint density at radius 3 is 0.664 bits per heavy atom. The fraction of sp³-hybridized carbons (Fsp3) is 0.955. The Balaban J connectivity index is 5.19. The lowest BCUT2D eigenvalue weighted by Crippen LogP contribution is -2.30. The van der Waals surface area contributed by atoms with Crippen LogP contribution >= 0.6 is 15.6 Å². The van der Waals surface area contributed by atoms with Crippen LogP contribution in [0, 0.1) is 23.7 Å². The van der Waals surface area contributed by atoms with Crippen LogP contribution in [-0.4, -0.2) is 96.7 Å². The van der Waals surface area contributed by atoms with Crippen molar-refractivity contribution in [1.29, 1.82) is 0 Å². The molecule has 0 fully saturated rings. The van der Waals surface area contributed by atoms with Gasteiger partial charge >= 0.3 is 39.5 Å². The van der Waals surface area contributed by atoms with E-state index in [2.05, 4.69) is 55.4 Å². The second-order valence-electron chi connectivity index (χ2n) is 33.1. The molecule has 19 heteroatoms. The van der Waals surface area contributed by atoms with Crippen molar-refractivity contribution in [3.8, 4) is 0 Å². The lowest BCUT2D eigenvalue weighted by atomic mass is 9.99. The molecule has 0 heterocycles. The number of unbranched alkanes of at least 4 members (excludes halogenated alkanes) is 49. The van der Waals surface area contributed by atoms with Crippen molar-refractivity contribution in [1.82, 2.24) is 0 Å². The Morgan fingerprint density at radius 2 is 0.449 bits per heavy atom. The first-order valence-corrected chi connectivity index (χ1v) is 48.3. The number of ether oxygens (including phenoxy) is 4. The highest BCUT2D eigenvalue weighted by atomic mass is 31.2. The number of aliphatic hydroxyl groups is 1. The van der Waals surface area contributed by atoms with Gasteiger partial charge in [-0.05, 0) is 49.4 Å². The molecule has 7 atom stereocenters. The Morgan fingerprint density at radius 1 is 0.262 bits per heavy atom. The summed E-state index contributed by atoms with van der Waals surface area (Å²) in [6, 6.07) is 0. The van der Waals surface area contributed by atoms with Crippen molar-refractivity contribution in [3.05, 3.63) is 0 Å². The number of phosphoric ester groups is 2. The summed E-state index contributed by atoms with van der Waals surface area (Å²) in [5.74, 6) is 1.09. The van der Waals surface area contributed by atoms with Gasteiger partial charge in [0.05, 0.1) is 26.4 Å².